The lowest BCUT2D eigenvalue weighted by Crippen LogP contribution is -2.48. The monoisotopic (exact) mass is 586 g/mol. The van der Waals surface area contributed by atoms with Crippen LogP contribution in [-0.2, 0) is 18.2 Å². The molecule has 1 fully saturated rings. The molecule has 5 rings (SSSR count). The van der Waals surface area contributed by atoms with Gasteiger partial charge in [-0.2, -0.15) is 0 Å². The van der Waals surface area contributed by atoms with Crippen molar-refractivity contribution in [2.75, 3.05) is 18.0 Å². The summed E-state index contributed by atoms with van der Waals surface area (Å²) in [6, 6.07) is 13.5. The van der Waals surface area contributed by atoms with Crippen molar-refractivity contribution in [1.82, 2.24) is 14.9 Å². The van der Waals surface area contributed by atoms with Crippen molar-refractivity contribution in [2.24, 2.45) is 12.5 Å². The lowest BCUT2D eigenvalue weighted by Gasteiger charge is -2.44. The van der Waals surface area contributed by atoms with E-state index in [9.17, 15) is 9.59 Å². The van der Waals surface area contributed by atoms with Crippen LogP contribution in [0.3, 0.4) is 0 Å². The molecule has 2 aliphatic rings. The van der Waals surface area contributed by atoms with Gasteiger partial charge in [0.15, 0.2) is 0 Å². The normalized spacial score (nSPS) is 18.2. The Hall–Kier alpha value is -2.68. The van der Waals surface area contributed by atoms with Crippen LogP contribution in [0.1, 0.15) is 50.8 Å². The molecule has 1 aromatic heterocycles. The summed E-state index contributed by atoms with van der Waals surface area (Å²) in [5.74, 6) is 0.628. The minimum absolute atomic E-state index is 0.130. The molecule has 39 heavy (non-hydrogen) atoms. The van der Waals surface area contributed by atoms with Crippen molar-refractivity contribution in [2.45, 2.75) is 61.5 Å². The number of alkyl carbamates (subject to hydrolysis) is 1. The summed E-state index contributed by atoms with van der Waals surface area (Å²) in [5, 5.41) is 4.06. The number of piperidine rings is 1. The van der Waals surface area contributed by atoms with Gasteiger partial charge in [-0.05, 0) is 63.3 Å². The second-order valence-corrected chi connectivity index (χ2v) is 13.1. The molecule has 0 bridgehead atoms. The third-order valence-electron chi connectivity index (χ3n) is 7.47. The first kappa shape index (κ1) is 27.9. The van der Waals surface area contributed by atoms with Crippen molar-refractivity contribution in [3.8, 4) is 0 Å². The lowest BCUT2D eigenvalue weighted by molar-refractivity contribution is 0.0427. The van der Waals surface area contributed by atoms with E-state index in [1.54, 1.807) is 29.9 Å². The summed E-state index contributed by atoms with van der Waals surface area (Å²) in [6.07, 6.45) is 3.78. The predicted octanol–water partition coefficient (Wildman–Crippen LogP) is 6.65. The van der Waals surface area contributed by atoms with Crippen molar-refractivity contribution in [3.63, 3.8) is 0 Å². The van der Waals surface area contributed by atoms with Crippen LogP contribution in [0.15, 0.2) is 63.2 Å². The number of fused-ring (bicyclic) bond motifs is 1. The number of carbonyl (C=O) groups is 1. The van der Waals surface area contributed by atoms with E-state index in [2.05, 4.69) is 27.3 Å². The van der Waals surface area contributed by atoms with E-state index in [1.165, 1.54) is 17.3 Å². The van der Waals surface area contributed by atoms with E-state index < -0.39 is 11.7 Å². The Balaban J connectivity index is 1.34. The molecular weight excluding hydrogens is 555 g/mol. The number of nitrogens with zero attached hydrogens (tertiary/aromatic N) is 3. The highest BCUT2D eigenvalue weighted by Gasteiger charge is 2.49. The largest absolute Gasteiger partial charge is 0.444 e. The van der Waals surface area contributed by atoms with Crippen LogP contribution >= 0.6 is 35.0 Å². The lowest BCUT2D eigenvalue weighted by atomic mass is 9.73. The Morgan fingerprint density at radius 2 is 1.82 bits per heavy atom. The molecule has 0 radical (unpaired) electrons. The van der Waals surface area contributed by atoms with Crippen molar-refractivity contribution in [3.05, 3.63) is 80.2 Å². The predicted molar refractivity (Wildman–Crippen MR) is 156 cm³/mol. The second kappa shape index (κ2) is 10.7. The van der Waals surface area contributed by atoms with Crippen LogP contribution in [0.4, 0.5) is 10.7 Å². The van der Waals surface area contributed by atoms with Gasteiger partial charge in [-0.1, -0.05) is 65.3 Å². The molecule has 2 heterocycles. The molecule has 1 aliphatic carbocycles. The quantitative estimate of drug-likeness (QED) is 0.369. The first-order valence-electron chi connectivity index (χ1n) is 13.0. The van der Waals surface area contributed by atoms with Gasteiger partial charge in [-0.3, -0.25) is 9.36 Å². The Morgan fingerprint density at radius 3 is 2.54 bits per heavy atom. The van der Waals surface area contributed by atoms with Gasteiger partial charge in [0.25, 0.3) is 5.56 Å². The Labute approximate surface area is 242 Å². The van der Waals surface area contributed by atoms with Gasteiger partial charge in [-0.15, -0.1) is 0 Å². The zero-order chi connectivity index (χ0) is 27.9. The summed E-state index contributed by atoms with van der Waals surface area (Å²) in [5.41, 5.74) is 1.58. The summed E-state index contributed by atoms with van der Waals surface area (Å²) >= 11 is 13.7. The van der Waals surface area contributed by atoms with Crippen molar-refractivity contribution < 1.29 is 9.53 Å². The number of nitrogens with one attached hydrogen (secondary N) is 1. The molecule has 1 N–H and O–H groups in total. The summed E-state index contributed by atoms with van der Waals surface area (Å²) < 4.78 is 7.21. The van der Waals surface area contributed by atoms with Crippen LogP contribution in [0, 0.1) is 5.41 Å². The molecule has 1 saturated heterocycles. The zero-order valence-electron chi connectivity index (χ0n) is 22.5. The van der Waals surface area contributed by atoms with E-state index in [0.717, 1.165) is 24.8 Å². The molecule has 0 unspecified atom stereocenters. The van der Waals surface area contributed by atoms with E-state index >= 15 is 0 Å². The summed E-state index contributed by atoms with van der Waals surface area (Å²) in [4.78, 5) is 34.1. The van der Waals surface area contributed by atoms with Crippen LogP contribution in [0.5, 0.6) is 0 Å². The molecule has 2 aromatic carbocycles. The van der Waals surface area contributed by atoms with Crippen LogP contribution in [-0.4, -0.2) is 34.3 Å². The maximum Gasteiger partial charge on any atom is 0.408 e. The fourth-order valence-electron chi connectivity index (χ4n) is 5.62. The zero-order valence-corrected chi connectivity index (χ0v) is 24.8. The fourth-order valence-corrected chi connectivity index (χ4v) is 7.01. The van der Waals surface area contributed by atoms with Gasteiger partial charge < -0.3 is 15.0 Å². The number of amides is 1. The Bertz CT molecular complexity index is 1460. The third kappa shape index (κ3) is 5.65. The van der Waals surface area contributed by atoms with E-state index in [4.69, 9.17) is 27.9 Å². The first-order chi connectivity index (χ1) is 18.5. The smallest absolute Gasteiger partial charge is 0.408 e. The minimum atomic E-state index is -0.572. The Kier molecular flexibility index (Phi) is 7.65. The average molecular weight is 588 g/mol. The number of anilines is 1. The minimum Gasteiger partial charge on any atom is -0.444 e. The van der Waals surface area contributed by atoms with Crippen LogP contribution in [0.25, 0.3) is 0 Å². The molecule has 206 valence electrons. The van der Waals surface area contributed by atoms with Crippen molar-refractivity contribution in [1.29, 1.82) is 0 Å². The maximum absolute atomic E-state index is 13.3. The van der Waals surface area contributed by atoms with E-state index in [0.29, 0.717) is 38.9 Å². The van der Waals surface area contributed by atoms with Crippen LogP contribution in [0.2, 0.25) is 10.0 Å². The van der Waals surface area contributed by atoms with Gasteiger partial charge >= 0.3 is 6.09 Å². The SMILES string of the molecule is Cn1c(N2CCC3(CC2)Cc2ccccc2[C@H]3NC(=O)OC(C)(C)C)ncc(Sc2cccc(Cl)c2Cl)c1=O. The number of carbonyl (C=O) groups excluding carboxylic acids is 1. The van der Waals surface area contributed by atoms with E-state index in [1.807, 2.05) is 39.0 Å². The third-order valence-corrected chi connectivity index (χ3v) is 9.46. The van der Waals surface area contributed by atoms with E-state index in [-0.39, 0.29) is 17.0 Å². The summed E-state index contributed by atoms with van der Waals surface area (Å²) in [6.45, 7) is 7.04. The average Bonchev–Trinajstić information content (AvgIpc) is 3.17. The second-order valence-electron chi connectivity index (χ2n) is 11.2. The molecule has 1 spiro atoms. The molecular formula is C29H32Cl2N4O3S. The number of benzene rings is 2. The molecule has 10 heteroatoms. The molecule has 7 nitrogen and oxygen atoms in total. The van der Waals surface area contributed by atoms with Crippen molar-refractivity contribution >= 4 is 47.0 Å². The summed E-state index contributed by atoms with van der Waals surface area (Å²) in [7, 11) is 1.75. The van der Waals surface area contributed by atoms with Gasteiger partial charge in [0.05, 0.1) is 27.2 Å². The molecule has 3 aromatic rings. The maximum atomic E-state index is 13.3. The van der Waals surface area contributed by atoms with Crippen LogP contribution < -0.4 is 15.8 Å². The number of ether oxygens (including phenoxy) is 1. The number of hydrogen-bond acceptors (Lipinski definition) is 6. The molecule has 1 amide bonds. The van der Waals surface area contributed by atoms with Gasteiger partial charge in [0, 0.05) is 30.4 Å². The Morgan fingerprint density at radius 1 is 1.10 bits per heavy atom. The molecule has 1 atom stereocenters. The molecule has 0 saturated carbocycles. The number of aromatic nitrogens is 2. The van der Waals surface area contributed by atoms with Gasteiger partial charge in [0.1, 0.15) is 5.60 Å². The van der Waals surface area contributed by atoms with Gasteiger partial charge in [-0.25, -0.2) is 9.78 Å². The fraction of sp³-hybridized carbons (Fsp3) is 0.414. The van der Waals surface area contributed by atoms with Gasteiger partial charge in [0.2, 0.25) is 5.95 Å². The number of hydrogen-bond donors (Lipinski definition) is 1. The highest BCUT2D eigenvalue weighted by molar-refractivity contribution is 7.99. The highest BCUT2D eigenvalue weighted by atomic mass is 35.5. The number of halogens is 2. The topological polar surface area (TPSA) is 76.5 Å². The highest BCUT2D eigenvalue weighted by Crippen LogP contribution is 2.52. The standard InChI is InChI=1S/C29H32Cl2N4O3S/c1-28(2,3)38-27(37)33-24-19-9-6-5-8-18(19)16-29(24)12-14-35(15-13-29)26-32-17-22(25(36)34(26)4)39-21-11-7-10-20(30)23(21)31/h5-11,17,24H,12-16H2,1-4H3,(H,33,37)/t24-/m1/s1. The first-order valence-corrected chi connectivity index (χ1v) is 14.5. The molecule has 1 aliphatic heterocycles. The number of rotatable bonds is 4.